The number of para-hydroxylation sites is 1. The predicted octanol–water partition coefficient (Wildman–Crippen LogP) is 3.63. The zero-order chi connectivity index (χ0) is 16.2. The van der Waals surface area contributed by atoms with Crippen molar-refractivity contribution in [2.45, 2.75) is 0 Å². The quantitative estimate of drug-likeness (QED) is 0.748. The van der Waals surface area contributed by atoms with Crippen molar-refractivity contribution in [3.05, 3.63) is 72.3 Å². The lowest BCUT2D eigenvalue weighted by Gasteiger charge is -2.21. The number of nitrogens with one attached hydrogen (secondary N) is 1. The molecule has 0 spiro atoms. The van der Waals surface area contributed by atoms with Crippen LogP contribution in [0.25, 0.3) is 10.8 Å². The molecule has 0 radical (unpaired) electrons. The van der Waals surface area contributed by atoms with Gasteiger partial charge in [-0.3, -0.25) is 15.2 Å². The number of carbonyl (C=O) groups is 1. The minimum atomic E-state index is -0.209. The highest BCUT2D eigenvalue weighted by atomic mass is 16.5. The molecule has 0 bridgehead atoms. The van der Waals surface area contributed by atoms with E-state index in [9.17, 15) is 4.79 Å². The molecular weight excluding hydrogens is 288 g/mol. The third-order valence-corrected chi connectivity index (χ3v) is 3.73. The summed E-state index contributed by atoms with van der Waals surface area (Å²) in [7, 11) is 3.38. The fraction of sp³-hybridized carbons (Fsp3) is 0.105. The van der Waals surface area contributed by atoms with Crippen LogP contribution in [0.3, 0.4) is 0 Å². The van der Waals surface area contributed by atoms with Gasteiger partial charge in [0.15, 0.2) is 0 Å². The first kappa shape index (κ1) is 14.9. The molecule has 0 aliphatic rings. The number of methoxy groups -OCH3 is 1. The minimum Gasteiger partial charge on any atom is -0.496 e. The third-order valence-electron chi connectivity index (χ3n) is 3.73. The molecule has 116 valence electrons. The normalized spacial score (nSPS) is 10.3. The Hall–Kier alpha value is -3.01. The van der Waals surface area contributed by atoms with Crippen molar-refractivity contribution in [3.8, 4) is 5.75 Å². The molecule has 0 aromatic heterocycles. The summed E-state index contributed by atoms with van der Waals surface area (Å²) in [4.78, 5) is 12.6. The predicted molar refractivity (Wildman–Crippen MR) is 92.8 cm³/mol. The van der Waals surface area contributed by atoms with E-state index >= 15 is 0 Å². The van der Waals surface area contributed by atoms with E-state index in [1.54, 1.807) is 19.2 Å². The van der Waals surface area contributed by atoms with Gasteiger partial charge in [-0.1, -0.05) is 42.5 Å². The average molecular weight is 306 g/mol. The van der Waals surface area contributed by atoms with Crippen LogP contribution in [0.15, 0.2) is 66.7 Å². The van der Waals surface area contributed by atoms with Crippen LogP contribution < -0.4 is 15.2 Å². The van der Waals surface area contributed by atoms with Gasteiger partial charge in [-0.05, 0) is 35.0 Å². The number of rotatable bonds is 4. The number of amides is 1. The largest absolute Gasteiger partial charge is 0.496 e. The zero-order valence-corrected chi connectivity index (χ0v) is 13.1. The Balaban J connectivity index is 1.91. The van der Waals surface area contributed by atoms with Gasteiger partial charge in [0.2, 0.25) is 0 Å². The molecule has 3 rings (SSSR count). The van der Waals surface area contributed by atoms with Crippen LogP contribution in [0, 0.1) is 0 Å². The Kier molecular flexibility index (Phi) is 4.15. The van der Waals surface area contributed by atoms with Crippen molar-refractivity contribution in [2.75, 3.05) is 19.2 Å². The van der Waals surface area contributed by atoms with Gasteiger partial charge in [0.25, 0.3) is 5.91 Å². The topological polar surface area (TPSA) is 41.6 Å². The van der Waals surface area contributed by atoms with E-state index in [4.69, 9.17) is 4.74 Å². The average Bonchev–Trinajstić information content (AvgIpc) is 2.61. The van der Waals surface area contributed by atoms with E-state index in [1.165, 1.54) is 0 Å². The second-order valence-electron chi connectivity index (χ2n) is 5.24. The summed E-state index contributed by atoms with van der Waals surface area (Å²) in [5.74, 6) is 0.349. The molecule has 0 aliphatic heterocycles. The lowest BCUT2D eigenvalue weighted by Crippen LogP contribution is -2.39. The molecule has 1 amide bonds. The maximum Gasteiger partial charge on any atom is 0.273 e. The van der Waals surface area contributed by atoms with Crippen LogP contribution in [0.2, 0.25) is 0 Å². The van der Waals surface area contributed by atoms with Crippen LogP contribution in [-0.4, -0.2) is 20.1 Å². The van der Waals surface area contributed by atoms with Crippen LogP contribution in [0.1, 0.15) is 10.4 Å². The van der Waals surface area contributed by atoms with Crippen molar-refractivity contribution < 1.29 is 9.53 Å². The number of ether oxygens (including phenoxy) is 1. The lowest BCUT2D eigenvalue weighted by atomic mass is 10.1. The van der Waals surface area contributed by atoms with E-state index in [-0.39, 0.29) is 5.91 Å². The van der Waals surface area contributed by atoms with Crippen LogP contribution in [0.4, 0.5) is 5.69 Å². The number of carbonyl (C=O) groups excluding carboxylic acids is 1. The first-order valence-electron chi connectivity index (χ1n) is 7.35. The highest BCUT2D eigenvalue weighted by molar-refractivity contribution is 6.02. The molecule has 1 N–H and O–H groups in total. The molecule has 4 heteroatoms. The third kappa shape index (κ3) is 3.11. The molecule has 0 fully saturated rings. The molecule has 23 heavy (non-hydrogen) atoms. The van der Waals surface area contributed by atoms with Crippen molar-refractivity contribution in [1.82, 2.24) is 5.43 Å². The first-order valence-corrected chi connectivity index (χ1v) is 7.35. The molecular formula is C19H18N2O2. The fourth-order valence-electron chi connectivity index (χ4n) is 2.49. The van der Waals surface area contributed by atoms with Crippen LogP contribution >= 0.6 is 0 Å². The second-order valence-corrected chi connectivity index (χ2v) is 5.24. The number of benzene rings is 3. The summed E-state index contributed by atoms with van der Waals surface area (Å²) in [6, 6.07) is 21.3. The van der Waals surface area contributed by atoms with Gasteiger partial charge >= 0.3 is 0 Å². The summed E-state index contributed by atoms with van der Waals surface area (Å²) in [5.41, 5.74) is 4.28. The summed E-state index contributed by atoms with van der Waals surface area (Å²) < 4.78 is 5.38. The van der Waals surface area contributed by atoms with Crippen LogP contribution in [0.5, 0.6) is 5.75 Å². The molecule has 0 aliphatic carbocycles. The molecule has 0 unspecified atom stereocenters. The number of hydrogen-bond acceptors (Lipinski definition) is 3. The lowest BCUT2D eigenvalue weighted by molar-refractivity contribution is 0.0948. The Morgan fingerprint density at radius 3 is 2.22 bits per heavy atom. The molecule has 4 nitrogen and oxygen atoms in total. The molecule has 0 atom stereocenters. The van der Waals surface area contributed by atoms with Crippen LogP contribution in [-0.2, 0) is 0 Å². The molecule has 0 heterocycles. The number of anilines is 1. The van der Waals surface area contributed by atoms with Crippen molar-refractivity contribution >= 4 is 22.4 Å². The first-order chi connectivity index (χ1) is 11.2. The van der Waals surface area contributed by atoms with E-state index < -0.39 is 0 Å². The van der Waals surface area contributed by atoms with Gasteiger partial charge in [0, 0.05) is 7.05 Å². The maximum atomic E-state index is 12.6. The van der Waals surface area contributed by atoms with Gasteiger partial charge in [0.1, 0.15) is 5.75 Å². The molecule has 3 aromatic rings. The minimum absolute atomic E-state index is 0.209. The summed E-state index contributed by atoms with van der Waals surface area (Å²) in [6.45, 7) is 0. The van der Waals surface area contributed by atoms with E-state index in [0.29, 0.717) is 11.3 Å². The summed E-state index contributed by atoms with van der Waals surface area (Å²) in [5, 5.41) is 3.73. The van der Waals surface area contributed by atoms with E-state index in [2.05, 4.69) is 5.43 Å². The van der Waals surface area contributed by atoms with Gasteiger partial charge in [-0.15, -0.1) is 0 Å². The van der Waals surface area contributed by atoms with E-state index in [0.717, 1.165) is 16.5 Å². The number of hydrogen-bond donors (Lipinski definition) is 1. The van der Waals surface area contributed by atoms with Crippen molar-refractivity contribution in [1.29, 1.82) is 0 Å². The molecule has 3 aromatic carbocycles. The Bertz CT molecular complexity index is 831. The monoisotopic (exact) mass is 306 g/mol. The standard InChI is InChI=1S/C19H18N2O2/c1-21(16-10-4-3-5-11-16)20-19(22)17-12-14-8-6-7-9-15(14)13-18(17)23-2/h3-13H,1-2H3,(H,20,22). The number of hydrazine groups is 1. The maximum absolute atomic E-state index is 12.6. The van der Waals surface area contributed by atoms with Gasteiger partial charge in [-0.25, -0.2) is 0 Å². The Morgan fingerprint density at radius 2 is 1.57 bits per heavy atom. The Labute approximate surface area is 135 Å². The highest BCUT2D eigenvalue weighted by Gasteiger charge is 2.15. The van der Waals surface area contributed by atoms with Gasteiger partial charge in [0.05, 0.1) is 18.4 Å². The summed E-state index contributed by atoms with van der Waals surface area (Å²) >= 11 is 0. The highest BCUT2D eigenvalue weighted by Crippen LogP contribution is 2.26. The smallest absolute Gasteiger partial charge is 0.273 e. The van der Waals surface area contributed by atoms with E-state index in [1.807, 2.05) is 66.7 Å². The van der Waals surface area contributed by atoms with Gasteiger partial charge < -0.3 is 4.74 Å². The summed E-state index contributed by atoms with van der Waals surface area (Å²) in [6.07, 6.45) is 0. The SMILES string of the molecule is COc1cc2ccccc2cc1C(=O)NN(C)c1ccccc1. The number of fused-ring (bicyclic) bond motifs is 1. The van der Waals surface area contributed by atoms with Crippen molar-refractivity contribution in [2.24, 2.45) is 0 Å². The molecule has 0 saturated carbocycles. The zero-order valence-electron chi connectivity index (χ0n) is 13.1. The second kappa shape index (κ2) is 6.40. The fourth-order valence-corrected chi connectivity index (χ4v) is 2.49. The van der Waals surface area contributed by atoms with Crippen molar-refractivity contribution in [3.63, 3.8) is 0 Å². The number of nitrogens with zero attached hydrogens (tertiary/aromatic N) is 1. The van der Waals surface area contributed by atoms with Gasteiger partial charge in [-0.2, -0.15) is 0 Å². The molecule has 0 saturated heterocycles. The Morgan fingerprint density at radius 1 is 0.957 bits per heavy atom.